The maximum absolute atomic E-state index is 11.5. The van der Waals surface area contributed by atoms with Crippen molar-refractivity contribution in [2.45, 2.75) is 33.1 Å². The summed E-state index contributed by atoms with van der Waals surface area (Å²) in [5.41, 5.74) is 1.98. The molecule has 0 fully saturated rings. The van der Waals surface area contributed by atoms with Crippen molar-refractivity contribution in [3.63, 3.8) is 0 Å². The molecule has 0 spiro atoms. The summed E-state index contributed by atoms with van der Waals surface area (Å²) in [4.78, 5) is 11.5. The number of amides is 1. The molecule has 1 aromatic rings. The van der Waals surface area contributed by atoms with E-state index in [9.17, 15) is 4.79 Å². The zero-order valence-electron chi connectivity index (χ0n) is 9.14. The van der Waals surface area contributed by atoms with Gasteiger partial charge in [0.25, 0.3) is 0 Å². The van der Waals surface area contributed by atoms with E-state index in [-0.39, 0.29) is 5.91 Å². The van der Waals surface area contributed by atoms with Gasteiger partial charge in [0.2, 0.25) is 5.91 Å². The van der Waals surface area contributed by atoms with E-state index in [1.54, 1.807) is 0 Å². The van der Waals surface area contributed by atoms with Gasteiger partial charge in [-0.1, -0.05) is 35.3 Å². The summed E-state index contributed by atoms with van der Waals surface area (Å²) in [6.07, 6.45) is 2.59. The average molecular weight is 270 g/mol. The molecule has 1 N–H and O–H groups in total. The third-order valence-corrected chi connectivity index (χ3v) is 2.72. The molecule has 82 valence electrons. The monoisotopic (exact) mass is 269 g/mol. The Morgan fingerprint density at radius 1 is 1.47 bits per heavy atom. The number of carbonyl (C=O) groups is 1. The molecule has 0 aliphatic heterocycles. The first-order chi connectivity index (χ1) is 7.13. The van der Waals surface area contributed by atoms with Gasteiger partial charge in [0.1, 0.15) is 0 Å². The lowest BCUT2D eigenvalue weighted by atomic mass is 10.2. The molecule has 0 heterocycles. The molecule has 0 saturated heterocycles. The Kier molecular flexibility index (Phi) is 4.82. The molecule has 0 aliphatic rings. The summed E-state index contributed by atoms with van der Waals surface area (Å²) in [6, 6.07) is 5.88. The fourth-order valence-electron chi connectivity index (χ4n) is 1.28. The Labute approximate surface area is 99.2 Å². The van der Waals surface area contributed by atoms with Crippen LogP contribution in [-0.2, 0) is 4.79 Å². The highest BCUT2D eigenvalue weighted by atomic mass is 79.9. The summed E-state index contributed by atoms with van der Waals surface area (Å²) < 4.78 is 0.985. The van der Waals surface area contributed by atoms with Crippen LogP contribution in [0.4, 0.5) is 5.69 Å². The average Bonchev–Trinajstić information content (AvgIpc) is 2.20. The molecule has 1 aromatic carbocycles. The quantitative estimate of drug-likeness (QED) is 0.883. The molecule has 1 amide bonds. The van der Waals surface area contributed by atoms with Crippen LogP contribution in [0.1, 0.15) is 31.7 Å². The Balaban J connectivity index is 2.63. The lowest BCUT2D eigenvalue weighted by Gasteiger charge is -2.08. The van der Waals surface area contributed by atoms with Crippen molar-refractivity contribution in [2.75, 3.05) is 5.32 Å². The normalized spacial score (nSPS) is 10.1. The summed E-state index contributed by atoms with van der Waals surface area (Å²) >= 11 is 3.39. The molecule has 0 unspecified atom stereocenters. The van der Waals surface area contributed by atoms with E-state index in [0.717, 1.165) is 28.6 Å². The maximum Gasteiger partial charge on any atom is 0.224 e. The van der Waals surface area contributed by atoms with Gasteiger partial charge < -0.3 is 5.32 Å². The van der Waals surface area contributed by atoms with Crippen LogP contribution in [0.3, 0.4) is 0 Å². The van der Waals surface area contributed by atoms with Crippen LogP contribution in [0, 0.1) is 6.92 Å². The highest BCUT2D eigenvalue weighted by molar-refractivity contribution is 9.10. The number of nitrogens with one attached hydrogen (secondary N) is 1. The molecular formula is C12H16BrNO. The van der Waals surface area contributed by atoms with Gasteiger partial charge in [-0.25, -0.2) is 0 Å². The molecule has 0 atom stereocenters. The van der Waals surface area contributed by atoms with Crippen LogP contribution in [0.2, 0.25) is 0 Å². The van der Waals surface area contributed by atoms with Gasteiger partial charge in [-0.05, 0) is 31.0 Å². The van der Waals surface area contributed by atoms with Crippen LogP contribution in [0.5, 0.6) is 0 Å². The number of hydrogen-bond donors (Lipinski definition) is 1. The molecule has 0 saturated carbocycles. The van der Waals surface area contributed by atoms with Gasteiger partial charge in [-0.15, -0.1) is 0 Å². The first-order valence-electron chi connectivity index (χ1n) is 5.19. The number of rotatable bonds is 4. The summed E-state index contributed by atoms with van der Waals surface area (Å²) in [7, 11) is 0. The fraction of sp³-hybridized carbons (Fsp3) is 0.417. The number of benzene rings is 1. The van der Waals surface area contributed by atoms with E-state index < -0.39 is 0 Å². The minimum atomic E-state index is 0.0954. The summed E-state index contributed by atoms with van der Waals surface area (Å²) in [5, 5.41) is 2.92. The zero-order chi connectivity index (χ0) is 11.3. The molecule has 0 radical (unpaired) electrons. The van der Waals surface area contributed by atoms with Gasteiger partial charge in [0, 0.05) is 16.6 Å². The number of anilines is 1. The Morgan fingerprint density at radius 3 is 2.87 bits per heavy atom. The van der Waals surface area contributed by atoms with Crippen LogP contribution in [-0.4, -0.2) is 5.91 Å². The Morgan fingerprint density at radius 2 is 2.20 bits per heavy atom. The van der Waals surface area contributed by atoms with Gasteiger partial charge in [-0.2, -0.15) is 0 Å². The van der Waals surface area contributed by atoms with Crippen LogP contribution >= 0.6 is 15.9 Å². The van der Waals surface area contributed by atoms with Crippen LogP contribution in [0.25, 0.3) is 0 Å². The predicted molar refractivity (Wildman–Crippen MR) is 67.0 cm³/mol. The van der Waals surface area contributed by atoms with E-state index in [0.29, 0.717) is 6.42 Å². The molecule has 15 heavy (non-hydrogen) atoms. The molecule has 1 rings (SSSR count). The highest BCUT2D eigenvalue weighted by Gasteiger charge is 2.04. The van der Waals surface area contributed by atoms with Crippen molar-refractivity contribution in [2.24, 2.45) is 0 Å². The lowest BCUT2D eigenvalue weighted by molar-refractivity contribution is -0.116. The van der Waals surface area contributed by atoms with Crippen molar-refractivity contribution in [1.29, 1.82) is 0 Å². The second-order valence-electron chi connectivity index (χ2n) is 3.61. The van der Waals surface area contributed by atoms with Crippen molar-refractivity contribution in [3.8, 4) is 0 Å². The highest BCUT2D eigenvalue weighted by Crippen LogP contribution is 2.20. The zero-order valence-corrected chi connectivity index (χ0v) is 10.7. The minimum absolute atomic E-state index is 0.0954. The maximum atomic E-state index is 11.5. The first kappa shape index (κ1) is 12.2. The standard InChI is InChI=1S/C12H16BrNO/c1-3-4-5-12(15)14-11-8-10(13)7-6-9(11)2/h6-8H,3-5H2,1-2H3,(H,14,15). The van der Waals surface area contributed by atoms with Gasteiger partial charge in [0.15, 0.2) is 0 Å². The number of unbranched alkanes of at least 4 members (excludes halogenated alkanes) is 1. The minimum Gasteiger partial charge on any atom is -0.326 e. The fourth-order valence-corrected chi connectivity index (χ4v) is 1.64. The van der Waals surface area contributed by atoms with Crippen molar-refractivity contribution < 1.29 is 4.79 Å². The smallest absolute Gasteiger partial charge is 0.224 e. The third kappa shape index (κ3) is 4.04. The van der Waals surface area contributed by atoms with E-state index in [1.807, 2.05) is 25.1 Å². The third-order valence-electron chi connectivity index (χ3n) is 2.23. The molecule has 2 nitrogen and oxygen atoms in total. The predicted octanol–water partition coefficient (Wildman–Crippen LogP) is 3.89. The van der Waals surface area contributed by atoms with Gasteiger partial charge in [-0.3, -0.25) is 4.79 Å². The molecular weight excluding hydrogens is 254 g/mol. The Bertz CT molecular complexity index is 349. The molecule has 0 aromatic heterocycles. The van der Waals surface area contributed by atoms with E-state index in [4.69, 9.17) is 0 Å². The number of halogens is 1. The Hall–Kier alpha value is -0.830. The molecule has 0 bridgehead atoms. The number of aryl methyl sites for hydroxylation is 1. The van der Waals surface area contributed by atoms with Crippen molar-refractivity contribution >= 4 is 27.5 Å². The van der Waals surface area contributed by atoms with Crippen LogP contribution in [0.15, 0.2) is 22.7 Å². The number of hydrogen-bond acceptors (Lipinski definition) is 1. The van der Waals surface area contributed by atoms with E-state index >= 15 is 0 Å². The van der Waals surface area contributed by atoms with Crippen molar-refractivity contribution in [1.82, 2.24) is 0 Å². The van der Waals surface area contributed by atoms with E-state index in [1.165, 1.54) is 0 Å². The number of carbonyl (C=O) groups excluding carboxylic acids is 1. The molecule has 3 heteroatoms. The topological polar surface area (TPSA) is 29.1 Å². The summed E-state index contributed by atoms with van der Waals surface area (Å²) in [5.74, 6) is 0.0954. The van der Waals surface area contributed by atoms with Gasteiger partial charge in [0.05, 0.1) is 0 Å². The second-order valence-corrected chi connectivity index (χ2v) is 4.53. The summed E-state index contributed by atoms with van der Waals surface area (Å²) in [6.45, 7) is 4.07. The lowest BCUT2D eigenvalue weighted by Crippen LogP contribution is -2.11. The first-order valence-corrected chi connectivity index (χ1v) is 5.98. The molecule has 0 aliphatic carbocycles. The largest absolute Gasteiger partial charge is 0.326 e. The van der Waals surface area contributed by atoms with Crippen LogP contribution < -0.4 is 5.32 Å². The van der Waals surface area contributed by atoms with Crippen molar-refractivity contribution in [3.05, 3.63) is 28.2 Å². The van der Waals surface area contributed by atoms with E-state index in [2.05, 4.69) is 28.2 Å². The second kappa shape index (κ2) is 5.91. The SMILES string of the molecule is CCCCC(=O)Nc1cc(Br)ccc1C. The van der Waals surface area contributed by atoms with Gasteiger partial charge >= 0.3 is 0 Å².